The van der Waals surface area contributed by atoms with Gasteiger partial charge >= 0.3 is 0 Å². The minimum absolute atomic E-state index is 0.0589. The second-order valence-electron chi connectivity index (χ2n) is 8.53. The molecule has 4 nitrogen and oxygen atoms in total. The molecule has 0 unspecified atom stereocenters. The lowest BCUT2D eigenvalue weighted by atomic mass is 9.96. The number of hydrogen-bond donors (Lipinski definition) is 0. The second-order valence-corrected chi connectivity index (χ2v) is 10.9. The van der Waals surface area contributed by atoms with Gasteiger partial charge in [-0.2, -0.15) is 4.31 Å². The van der Waals surface area contributed by atoms with Crippen LogP contribution in [0.2, 0.25) is 5.02 Å². The summed E-state index contributed by atoms with van der Waals surface area (Å²) in [7, 11) is -3.50. The molecule has 0 N–H and O–H groups in total. The zero-order valence-electron chi connectivity index (χ0n) is 18.5. The molecule has 1 atom stereocenters. The first-order valence-corrected chi connectivity index (χ1v) is 12.8. The standard InChI is InChI=1S/C26H29ClN2O2S/c1-20(2)21-10-14-25(15-11-21)32(30,31)29-18-16-28(17-19-29)26(22-6-4-3-5-7-22)23-8-12-24(27)13-9-23/h3-15,20,26H,16-19H2,1-2H3/t26-/m0/s1. The Labute approximate surface area is 196 Å². The topological polar surface area (TPSA) is 40.6 Å². The fraction of sp³-hybridized carbons (Fsp3) is 0.308. The van der Waals surface area contributed by atoms with Crippen molar-refractivity contribution in [3.05, 3.63) is 101 Å². The molecule has 1 fully saturated rings. The monoisotopic (exact) mass is 468 g/mol. The third-order valence-corrected chi connectivity index (χ3v) is 8.29. The Hall–Kier alpha value is -2.18. The van der Waals surface area contributed by atoms with Crippen molar-refractivity contribution in [3.8, 4) is 0 Å². The van der Waals surface area contributed by atoms with Crippen LogP contribution in [0.5, 0.6) is 0 Å². The molecule has 0 spiro atoms. The van der Waals surface area contributed by atoms with Crippen LogP contribution in [0.15, 0.2) is 83.8 Å². The first kappa shape index (κ1) is 23.0. The van der Waals surface area contributed by atoms with E-state index in [2.05, 4.69) is 43.0 Å². The van der Waals surface area contributed by atoms with E-state index in [0.717, 1.165) is 11.1 Å². The number of hydrogen-bond acceptors (Lipinski definition) is 3. The lowest BCUT2D eigenvalue weighted by Gasteiger charge is -2.39. The number of benzene rings is 3. The van der Waals surface area contributed by atoms with E-state index >= 15 is 0 Å². The van der Waals surface area contributed by atoms with Gasteiger partial charge < -0.3 is 0 Å². The summed E-state index contributed by atoms with van der Waals surface area (Å²) in [5.41, 5.74) is 3.49. The maximum absolute atomic E-state index is 13.2. The largest absolute Gasteiger partial charge is 0.290 e. The molecule has 3 aromatic carbocycles. The molecule has 0 bridgehead atoms. The van der Waals surface area contributed by atoms with Crippen molar-refractivity contribution in [1.29, 1.82) is 0 Å². The molecule has 6 heteroatoms. The van der Waals surface area contributed by atoms with Crippen molar-refractivity contribution in [1.82, 2.24) is 9.21 Å². The predicted molar refractivity (Wildman–Crippen MR) is 131 cm³/mol. The van der Waals surface area contributed by atoms with Crippen molar-refractivity contribution in [3.63, 3.8) is 0 Å². The first-order valence-electron chi connectivity index (χ1n) is 11.0. The van der Waals surface area contributed by atoms with Gasteiger partial charge in [0.05, 0.1) is 10.9 Å². The lowest BCUT2D eigenvalue weighted by molar-refractivity contribution is 0.156. The molecule has 1 heterocycles. The Morgan fingerprint density at radius 3 is 1.81 bits per heavy atom. The van der Waals surface area contributed by atoms with Gasteiger partial charge in [-0.15, -0.1) is 0 Å². The molecular weight excluding hydrogens is 440 g/mol. The van der Waals surface area contributed by atoms with Crippen LogP contribution in [0.1, 0.15) is 42.5 Å². The van der Waals surface area contributed by atoms with E-state index in [0.29, 0.717) is 42.0 Å². The number of halogens is 1. The molecule has 0 aromatic heterocycles. The van der Waals surface area contributed by atoms with Crippen LogP contribution >= 0.6 is 11.6 Å². The average Bonchev–Trinajstić information content (AvgIpc) is 2.81. The number of rotatable bonds is 6. The summed E-state index contributed by atoms with van der Waals surface area (Å²) >= 11 is 6.12. The van der Waals surface area contributed by atoms with Crippen LogP contribution in [-0.4, -0.2) is 43.8 Å². The van der Waals surface area contributed by atoms with Crippen LogP contribution in [0.4, 0.5) is 0 Å². The van der Waals surface area contributed by atoms with Crippen LogP contribution in [0, 0.1) is 0 Å². The van der Waals surface area contributed by atoms with E-state index in [1.807, 2.05) is 42.5 Å². The minimum Gasteiger partial charge on any atom is -0.290 e. The Bertz CT molecular complexity index is 1120. The third-order valence-electron chi connectivity index (χ3n) is 6.12. The fourth-order valence-corrected chi connectivity index (χ4v) is 5.82. The highest BCUT2D eigenvalue weighted by molar-refractivity contribution is 7.89. The van der Waals surface area contributed by atoms with E-state index in [1.54, 1.807) is 16.4 Å². The molecular formula is C26H29ClN2O2S. The van der Waals surface area contributed by atoms with Gasteiger partial charge in [-0.3, -0.25) is 4.90 Å². The Balaban J connectivity index is 1.53. The van der Waals surface area contributed by atoms with E-state index in [9.17, 15) is 8.42 Å². The van der Waals surface area contributed by atoms with Gasteiger partial charge in [0.2, 0.25) is 10.0 Å². The van der Waals surface area contributed by atoms with Gasteiger partial charge in [0.15, 0.2) is 0 Å². The normalized spacial score (nSPS) is 16.9. The quantitative estimate of drug-likeness (QED) is 0.475. The minimum atomic E-state index is -3.50. The molecule has 168 valence electrons. The Morgan fingerprint density at radius 2 is 1.25 bits per heavy atom. The molecule has 0 saturated carbocycles. The van der Waals surface area contributed by atoms with E-state index in [4.69, 9.17) is 11.6 Å². The van der Waals surface area contributed by atoms with Crippen molar-refractivity contribution in [2.24, 2.45) is 0 Å². The van der Waals surface area contributed by atoms with Crippen molar-refractivity contribution >= 4 is 21.6 Å². The zero-order chi connectivity index (χ0) is 22.7. The Kier molecular flexibility index (Phi) is 7.01. The summed E-state index contributed by atoms with van der Waals surface area (Å²) in [6.45, 7) is 6.45. The van der Waals surface area contributed by atoms with Gasteiger partial charge in [0, 0.05) is 31.2 Å². The molecule has 1 aliphatic rings. The van der Waals surface area contributed by atoms with Gasteiger partial charge in [-0.05, 0) is 46.9 Å². The molecule has 3 aromatic rings. The van der Waals surface area contributed by atoms with Crippen LogP contribution in [0.25, 0.3) is 0 Å². The zero-order valence-corrected chi connectivity index (χ0v) is 20.1. The summed E-state index contributed by atoms with van der Waals surface area (Å²) in [4.78, 5) is 2.72. The fourth-order valence-electron chi connectivity index (χ4n) is 4.27. The molecule has 1 saturated heterocycles. The number of piperazine rings is 1. The summed E-state index contributed by atoms with van der Waals surface area (Å²) < 4.78 is 28.0. The molecule has 1 aliphatic heterocycles. The molecule has 32 heavy (non-hydrogen) atoms. The van der Waals surface area contributed by atoms with E-state index in [1.165, 1.54) is 5.56 Å². The first-order chi connectivity index (χ1) is 15.4. The highest BCUT2D eigenvalue weighted by Crippen LogP contribution is 2.31. The average molecular weight is 469 g/mol. The number of nitrogens with zero attached hydrogens (tertiary/aromatic N) is 2. The van der Waals surface area contributed by atoms with Crippen molar-refractivity contribution in [2.45, 2.75) is 30.7 Å². The SMILES string of the molecule is CC(C)c1ccc(S(=O)(=O)N2CCN([C@@H](c3ccccc3)c3ccc(Cl)cc3)CC2)cc1. The summed E-state index contributed by atoms with van der Waals surface area (Å²) in [5, 5.41) is 0.708. The van der Waals surface area contributed by atoms with Gasteiger partial charge in [0.25, 0.3) is 0 Å². The van der Waals surface area contributed by atoms with Gasteiger partial charge in [-0.1, -0.05) is 80.0 Å². The maximum Gasteiger partial charge on any atom is 0.243 e. The van der Waals surface area contributed by atoms with Crippen LogP contribution in [0.3, 0.4) is 0 Å². The predicted octanol–water partition coefficient (Wildman–Crippen LogP) is 5.56. The molecule has 0 radical (unpaired) electrons. The lowest BCUT2D eigenvalue weighted by Crippen LogP contribution is -2.49. The third kappa shape index (κ3) is 4.91. The summed E-state index contributed by atoms with van der Waals surface area (Å²) in [5.74, 6) is 0.373. The molecule has 4 rings (SSSR count). The Morgan fingerprint density at radius 1 is 0.719 bits per heavy atom. The highest BCUT2D eigenvalue weighted by Gasteiger charge is 2.32. The molecule has 0 aliphatic carbocycles. The summed E-state index contributed by atoms with van der Waals surface area (Å²) in [6.07, 6.45) is 0. The number of sulfonamides is 1. The van der Waals surface area contributed by atoms with Crippen molar-refractivity contribution in [2.75, 3.05) is 26.2 Å². The molecule has 0 amide bonds. The van der Waals surface area contributed by atoms with E-state index < -0.39 is 10.0 Å². The maximum atomic E-state index is 13.2. The van der Waals surface area contributed by atoms with Gasteiger partial charge in [0.1, 0.15) is 0 Å². The van der Waals surface area contributed by atoms with E-state index in [-0.39, 0.29) is 6.04 Å². The van der Waals surface area contributed by atoms with Crippen LogP contribution < -0.4 is 0 Å². The second kappa shape index (κ2) is 9.75. The highest BCUT2D eigenvalue weighted by atomic mass is 35.5. The van der Waals surface area contributed by atoms with Crippen LogP contribution in [-0.2, 0) is 10.0 Å². The summed E-state index contributed by atoms with van der Waals surface area (Å²) in [6, 6.07) is 25.6. The smallest absolute Gasteiger partial charge is 0.243 e. The van der Waals surface area contributed by atoms with Crippen molar-refractivity contribution < 1.29 is 8.42 Å². The van der Waals surface area contributed by atoms with Gasteiger partial charge in [-0.25, -0.2) is 8.42 Å².